The lowest BCUT2D eigenvalue weighted by Crippen LogP contribution is -2.54. The summed E-state index contributed by atoms with van der Waals surface area (Å²) in [4.78, 5) is 52.2. The number of alkyl carbamates (subject to hydrolysis) is 1. The number of ether oxygens (including phenoxy) is 1. The lowest BCUT2D eigenvalue weighted by molar-refractivity contribution is -0.158. The number of aliphatic hydroxyl groups is 1. The summed E-state index contributed by atoms with van der Waals surface area (Å²) in [7, 11) is 0. The molecule has 0 radical (unpaired) electrons. The van der Waals surface area contributed by atoms with Crippen molar-refractivity contribution in [3.63, 3.8) is 0 Å². The number of fused-ring (bicyclic) bond motifs is 3. The van der Waals surface area contributed by atoms with Crippen LogP contribution in [0.25, 0.3) is 11.1 Å². The smallest absolute Gasteiger partial charge is 0.407 e. The van der Waals surface area contributed by atoms with Crippen molar-refractivity contribution in [3.8, 4) is 11.1 Å². The number of hydrogen-bond donors (Lipinski definition) is 3. The average molecular weight is 508 g/mol. The molecule has 2 fully saturated rings. The quantitative estimate of drug-likeness (QED) is 0.543. The van der Waals surface area contributed by atoms with Crippen LogP contribution < -0.4 is 5.32 Å². The number of nitrogens with zero attached hydrogens (tertiary/aromatic N) is 2. The molecule has 0 spiro atoms. The van der Waals surface area contributed by atoms with Gasteiger partial charge < -0.3 is 30.1 Å². The van der Waals surface area contributed by atoms with Gasteiger partial charge in [-0.15, -0.1) is 0 Å². The number of carboxylic acid groups (broad SMARTS) is 1. The molecular weight excluding hydrogens is 478 g/mol. The number of aliphatic hydroxyl groups excluding tert-OH is 1. The first-order valence-corrected chi connectivity index (χ1v) is 12.5. The first-order chi connectivity index (χ1) is 17.9. The van der Waals surface area contributed by atoms with Crippen molar-refractivity contribution in [3.05, 3.63) is 59.7 Å². The van der Waals surface area contributed by atoms with E-state index in [0.717, 1.165) is 27.2 Å². The topological polar surface area (TPSA) is 136 Å². The Morgan fingerprint density at radius 2 is 1.57 bits per heavy atom. The van der Waals surface area contributed by atoms with Crippen molar-refractivity contribution in [1.82, 2.24) is 15.1 Å². The van der Waals surface area contributed by atoms with E-state index in [-0.39, 0.29) is 31.9 Å². The number of carbonyl (C=O) groups is 4. The molecule has 0 bridgehead atoms. The van der Waals surface area contributed by atoms with Gasteiger partial charge in [-0.25, -0.2) is 9.59 Å². The zero-order valence-corrected chi connectivity index (χ0v) is 20.2. The van der Waals surface area contributed by atoms with E-state index >= 15 is 0 Å². The maximum absolute atomic E-state index is 13.1. The van der Waals surface area contributed by atoms with Crippen molar-refractivity contribution in [2.24, 2.45) is 0 Å². The highest BCUT2D eigenvalue weighted by Gasteiger charge is 2.45. The molecule has 5 rings (SSSR count). The van der Waals surface area contributed by atoms with E-state index in [1.165, 1.54) is 4.90 Å². The van der Waals surface area contributed by atoms with Crippen LogP contribution in [-0.2, 0) is 19.1 Å². The maximum atomic E-state index is 13.1. The second-order valence-electron chi connectivity index (χ2n) is 9.58. The van der Waals surface area contributed by atoms with Crippen molar-refractivity contribution >= 4 is 23.9 Å². The molecule has 2 aromatic rings. The van der Waals surface area contributed by atoms with E-state index in [1.807, 2.05) is 48.5 Å². The van der Waals surface area contributed by atoms with Gasteiger partial charge in [0.25, 0.3) is 0 Å². The van der Waals surface area contributed by atoms with Crippen LogP contribution in [0.2, 0.25) is 0 Å². The predicted octanol–water partition coefficient (Wildman–Crippen LogP) is 1.91. The average Bonchev–Trinajstić information content (AvgIpc) is 3.62. The molecule has 1 aliphatic carbocycles. The molecule has 3 N–H and O–H groups in total. The van der Waals surface area contributed by atoms with Gasteiger partial charge >= 0.3 is 12.1 Å². The highest BCUT2D eigenvalue weighted by molar-refractivity contribution is 5.92. The molecule has 0 saturated carbocycles. The normalized spacial score (nSPS) is 22.5. The summed E-state index contributed by atoms with van der Waals surface area (Å²) in [6.45, 7) is 0.0664. The summed E-state index contributed by atoms with van der Waals surface area (Å²) in [5.74, 6) is -2.34. The Hall–Kier alpha value is -3.92. The lowest BCUT2D eigenvalue weighted by atomic mass is 9.98. The number of hydrogen-bond acceptors (Lipinski definition) is 6. The van der Waals surface area contributed by atoms with Crippen LogP contribution in [0, 0.1) is 0 Å². The third-order valence-corrected chi connectivity index (χ3v) is 7.48. The molecule has 2 heterocycles. The number of carbonyl (C=O) groups excluding carboxylic acids is 3. The van der Waals surface area contributed by atoms with E-state index in [4.69, 9.17) is 4.74 Å². The minimum absolute atomic E-state index is 0.108. The monoisotopic (exact) mass is 507 g/mol. The fourth-order valence-corrected chi connectivity index (χ4v) is 5.73. The molecule has 194 valence electrons. The zero-order chi connectivity index (χ0) is 26.1. The maximum Gasteiger partial charge on any atom is 0.407 e. The first-order valence-electron chi connectivity index (χ1n) is 12.5. The van der Waals surface area contributed by atoms with Crippen LogP contribution in [0.15, 0.2) is 48.5 Å². The highest BCUT2D eigenvalue weighted by atomic mass is 16.5. The van der Waals surface area contributed by atoms with Gasteiger partial charge in [0, 0.05) is 12.5 Å². The highest BCUT2D eigenvalue weighted by Crippen LogP contribution is 2.44. The van der Waals surface area contributed by atoms with Gasteiger partial charge in [0.05, 0.1) is 0 Å². The Morgan fingerprint density at radius 3 is 2.22 bits per heavy atom. The SMILES string of the molecule is O=C(NCC(=O)N1CCC[C@@H]1C(=O)N1[C@H](O)CC[C@@H]1C(=O)O)OCC1c2ccccc2-c2ccccc21. The summed E-state index contributed by atoms with van der Waals surface area (Å²) in [5.41, 5.74) is 4.38. The van der Waals surface area contributed by atoms with Gasteiger partial charge in [-0.05, 0) is 47.9 Å². The minimum Gasteiger partial charge on any atom is -0.480 e. The Balaban J connectivity index is 1.17. The summed E-state index contributed by atoms with van der Waals surface area (Å²) in [6, 6.07) is 14.0. The van der Waals surface area contributed by atoms with Gasteiger partial charge in [-0.3, -0.25) is 9.59 Å². The second-order valence-corrected chi connectivity index (χ2v) is 9.58. The molecule has 3 amide bonds. The predicted molar refractivity (Wildman–Crippen MR) is 131 cm³/mol. The van der Waals surface area contributed by atoms with Crippen molar-refractivity contribution in [2.45, 2.75) is 49.9 Å². The summed E-state index contributed by atoms with van der Waals surface area (Å²) in [5, 5.41) is 22.1. The second kappa shape index (κ2) is 10.2. The number of nitrogens with one attached hydrogen (secondary N) is 1. The van der Waals surface area contributed by atoms with Crippen LogP contribution in [0.1, 0.15) is 42.7 Å². The molecule has 0 unspecified atom stereocenters. The van der Waals surface area contributed by atoms with E-state index in [1.54, 1.807) is 0 Å². The lowest BCUT2D eigenvalue weighted by Gasteiger charge is -2.31. The third-order valence-electron chi connectivity index (χ3n) is 7.48. The number of rotatable bonds is 6. The third kappa shape index (κ3) is 4.64. The molecule has 0 aromatic heterocycles. The molecule has 10 nitrogen and oxygen atoms in total. The largest absolute Gasteiger partial charge is 0.480 e. The van der Waals surface area contributed by atoms with E-state index in [0.29, 0.717) is 19.4 Å². The van der Waals surface area contributed by atoms with Crippen molar-refractivity contribution in [1.29, 1.82) is 0 Å². The summed E-state index contributed by atoms with van der Waals surface area (Å²) < 4.78 is 5.47. The van der Waals surface area contributed by atoms with Gasteiger partial charge in [-0.1, -0.05) is 48.5 Å². The van der Waals surface area contributed by atoms with Gasteiger partial charge in [0.15, 0.2) is 0 Å². The Kier molecular flexibility index (Phi) is 6.84. The number of benzene rings is 2. The number of carboxylic acids is 1. The van der Waals surface area contributed by atoms with Crippen LogP contribution in [0.4, 0.5) is 4.79 Å². The fourth-order valence-electron chi connectivity index (χ4n) is 5.73. The fraction of sp³-hybridized carbons (Fsp3) is 0.407. The Morgan fingerprint density at radius 1 is 0.919 bits per heavy atom. The number of likely N-dealkylation sites (tertiary alicyclic amines) is 2. The molecule has 3 aliphatic rings. The van der Waals surface area contributed by atoms with Crippen LogP contribution in [0.5, 0.6) is 0 Å². The molecule has 3 atom stereocenters. The standard InChI is InChI=1S/C27H29N3O7/c31-23-12-11-22(26(34)35)30(23)25(33)21-10-5-13-29(21)24(32)14-28-27(36)37-15-20-18-8-3-1-6-16(18)17-7-2-4-9-19(17)20/h1-4,6-9,20-23,31H,5,10-15H2,(H,28,36)(H,34,35)/t21-,22-,23-/m1/s1. The molecular formula is C27H29N3O7. The minimum atomic E-state index is -1.19. The molecule has 2 aliphatic heterocycles. The molecule has 2 saturated heterocycles. The van der Waals surface area contributed by atoms with E-state index < -0.39 is 42.2 Å². The van der Waals surface area contributed by atoms with Crippen LogP contribution >= 0.6 is 0 Å². The van der Waals surface area contributed by atoms with Crippen LogP contribution in [-0.4, -0.2) is 81.9 Å². The molecule has 37 heavy (non-hydrogen) atoms. The Labute approximate surface area is 213 Å². The van der Waals surface area contributed by atoms with Gasteiger partial charge in [0.1, 0.15) is 31.5 Å². The summed E-state index contributed by atoms with van der Waals surface area (Å²) in [6.07, 6.45) is -0.665. The van der Waals surface area contributed by atoms with Crippen molar-refractivity contribution in [2.75, 3.05) is 19.7 Å². The first kappa shape index (κ1) is 24.8. The number of aliphatic carboxylic acids is 1. The summed E-state index contributed by atoms with van der Waals surface area (Å²) >= 11 is 0. The Bertz CT molecular complexity index is 1190. The number of amides is 3. The van der Waals surface area contributed by atoms with Gasteiger partial charge in [-0.2, -0.15) is 0 Å². The van der Waals surface area contributed by atoms with Crippen molar-refractivity contribution < 1.29 is 34.1 Å². The zero-order valence-electron chi connectivity index (χ0n) is 20.2. The van der Waals surface area contributed by atoms with E-state index in [2.05, 4.69) is 5.32 Å². The van der Waals surface area contributed by atoms with Crippen LogP contribution in [0.3, 0.4) is 0 Å². The molecule has 10 heteroatoms. The molecule has 2 aromatic carbocycles. The van der Waals surface area contributed by atoms with Gasteiger partial charge in [0.2, 0.25) is 11.8 Å². The van der Waals surface area contributed by atoms with E-state index in [9.17, 15) is 29.4 Å².